The summed E-state index contributed by atoms with van der Waals surface area (Å²) in [6.07, 6.45) is 10.6. The minimum atomic E-state index is -0.193. The molecule has 0 aliphatic heterocycles. The first kappa shape index (κ1) is 26.6. The number of benzene rings is 2. The van der Waals surface area contributed by atoms with Gasteiger partial charge in [0.15, 0.2) is 0 Å². The van der Waals surface area contributed by atoms with Crippen molar-refractivity contribution in [3.63, 3.8) is 0 Å². The van der Waals surface area contributed by atoms with E-state index in [1.165, 1.54) is 32.1 Å². The summed E-state index contributed by atoms with van der Waals surface area (Å²) in [7, 11) is 0. The maximum absolute atomic E-state index is 12.8. The van der Waals surface area contributed by atoms with Crippen LogP contribution in [0, 0.1) is 40.4 Å². The van der Waals surface area contributed by atoms with Crippen LogP contribution in [0.4, 0.5) is 0 Å². The number of hydrogen-bond donors (Lipinski definition) is 0. The molecule has 4 heteroatoms. The first-order valence-corrected chi connectivity index (χ1v) is 15.3. The van der Waals surface area contributed by atoms with E-state index in [4.69, 9.17) is 9.47 Å². The van der Waals surface area contributed by atoms with Gasteiger partial charge in [0, 0.05) is 5.92 Å². The maximum atomic E-state index is 12.8. The zero-order valence-electron chi connectivity index (χ0n) is 23.8. The van der Waals surface area contributed by atoms with E-state index in [-0.39, 0.29) is 29.6 Å². The van der Waals surface area contributed by atoms with Gasteiger partial charge < -0.3 is 9.47 Å². The molecule has 0 unspecified atom stereocenters. The van der Waals surface area contributed by atoms with E-state index in [1.807, 2.05) is 60.7 Å². The number of rotatable bonds is 5. The maximum Gasteiger partial charge on any atom is 0.338 e. The highest BCUT2D eigenvalue weighted by molar-refractivity contribution is 5.89. The molecule has 4 saturated carbocycles. The van der Waals surface area contributed by atoms with Crippen LogP contribution in [0.1, 0.15) is 99.3 Å². The zero-order valence-corrected chi connectivity index (χ0v) is 23.8. The van der Waals surface area contributed by atoms with Crippen LogP contribution in [0.2, 0.25) is 0 Å². The molecular formula is C35H44O4. The Morgan fingerprint density at radius 1 is 0.744 bits per heavy atom. The Kier molecular flexibility index (Phi) is 7.10. The summed E-state index contributed by atoms with van der Waals surface area (Å²) in [4.78, 5) is 25.5. The van der Waals surface area contributed by atoms with Gasteiger partial charge in [0.1, 0.15) is 12.2 Å². The van der Waals surface area contributed by atoms with Crippen LogP contribution < -0.4 is 0 Å². The van der Waals surface area contributed by atoms with Gasteiger partial charge in [-0.25, -0.2) is 9.59 Å². The first-order valence-electron chi connectivity index (χ1n) is 15.3. The molecular weight excluding hydrogens is 484 g/mol. The number of ether oxygens (including phenoxy) is 2. The van der Waals surface area contributed by atoms with Crippen molar-refractivity contribution in [2.75, 3.05) is 0 Å². The molecule has 4 aliphatic rings. The van der Waals surface area contributed by atoms with Crippen molar-refractivity contribution in [1.29, 1.82) is 0 Å². The van der Waals surface area contributed by atoms with E-state index in [9.17, 15) is 9.59 Å². The zero-order chi connectivity index (χ0) is 27.2. The molecule has 4 aliphatic carbocycles. The molecule has 2 aromatic rings. The van der Waals surface area contributed by atoms with Crippen molar-refractivity contribution >= 4 is 11.9 Å². The number of fused-ring (bicyclic) bond motifs is 5. The summed E-state index contributed by atoms with van der Waals surface area (Å²) in [6, 6.07) is 18.8. The second kappa shape index (κ2) is 10.4. The van der Waals surface area contributed by atoms with Gasteiger partial charge in [0.05, 0.1) is 11.1 Å². The third-order valence-electron chi connectivity index (χ3n) is 11.8. The number of carbonyl (C=O) groups is 2. The van der Waals surface area contributed by atoms with Crippen LogP contribution in [0.5, 0.6) is 0 Å². The van der Waals surface area contributed by atoms with Gasteiger partial charge in [-0.2, -0.15) is 0 Å². The molecule has 0 amide bonds. The molecule has 208 valence electrons. The Balaban J connectivity index is 1.11. The fourth-order valence-corrected chi connectivity index (χ4v) is 9.82. The third kappa shape index (κ3) is 4.72. The van der Waals surface area contributed by atoms with Crippen LogP contribution in [0.3, 0.4) is 0 Å². The smallest absolute Gasteiger partial charge is 0.338 e. The van der Waals surface area contributed by atoms with E-state index in [0.717, 1.165) is 37.5 Å². The van der Waals surface area contributed by atoms with Crippen molar-refractivity contribution in [3.8, 4) is 0 Å². The topological polar surface area (TPSA) is 52.6 Å². The van der Waals surface area contributed by atoms with Gasteiger partial charge in [0.25, 0.3) is 0 Å². The van der Waals surface area contributed by atoms with E-state index < -0.39 is 0 Å². The Morgan fingerprint density at radius 3 is 2.05 bits per heavy atom. The Hall–Kier alpha value is -2.62. The van der Waals surface area contributed by atoms with Gasteiger partial charge in [-0.3, -0.25) is 0 Å². The van der Waals surface area contributed by atoms with Gasteiger partial charge >= 0.3 is 11.9 Å². The predicted octanol–water partition coefficient (Wildman–Crippen LogP) is 8.12. The molecule has 0 heterocycles. The predicted molar refractivity (Wildman–Crippen MR) is 152 cm³/mol. The SMILES string of the molecule is C[C@H](OC(=O)c1ccccc1)[C@@H]1CC[C@@H]2[C@@H]3CC[C@H]4C[C@H](OC(=O)c5ccccc5)CC[C@]4(C)[C@@H]3CC[C@@]21C. The standard InChI is InChI=1S/C35H44O4/c1-23(38-32(36)24-10-6-4-7-11-24)29-16-17-30-28-15-14-26-22-27(39-33(37)25-12-8-5-9-13-25)18-20-34(26,2)31(28)19-21-35(29,30)3/h4-13,23,26-31H,14-22H2,1-3H3/t23-,26-,27+,28-,29-,30+,31+,34-,35+/m0/s1. The highest BCUT2D eigenvalue weighted by Gasteiger charge is 2.61. The summed E-state index contributed by atoms with van der Waals surface area (Å²) in [5.41, 5.74) is 1.87. The Morgan fingerprint density at radius 2 is 1.36 bits per heavy atom. The monoisotopic (exact) mass is 528 g/mol. The fraction of sp³-hybridized carbons (Fsp3) is 0.600. The third-order valence-corrected chi connectivity index (χ3v) is 11.8. The van der Waals surface area contributed by atoms with Crippen molar-refractivity contribution in [1.82, 2.24) is 0 Å². The largest absolute Gasteiger partial charge is 0.459 e. The van der Waals surface area contributed by atoms with E-state index >= 15 is 0 Å². The molecule has 0 bridgehead atoms. The number of esters is 2. The molecule has 0 saturated heterocycles. The quantitative estimate of drug-likeness (QED) is 0.368. The molecule has 2 aromatic carbocycles. The number of carbonyl (C=O) groups excluding carboxylic acids is 2. The lowest BCUT2D eigenvalue weighted by molar-refractivity contribution is -0.133. The van der Waals surface area contributed by atoms with Crippen molar-refractivity contribution in [2.24, 2.45) is 40.4 Å². The lowest BCUT2D eigenvalue weighted by atomic mass is 9.44. The lowest BCUT2D eigenvalue weighted by Gasteiger charge is -2.61. The van der Waals surface area contributed by atoms with Gasteiger partial charge in [-0.05, 0) is 123 Å². The van der Waals surface area contributed by atoms with Crippen LogP contribution in [-0.2, 0) is 9.47 Å². The summed E-state index contributed by atoms with van der Waals surface area (Å²) in [5.74, 6) is 2.91. The van der Waals surface area contributed by atoms with Gasteiger partial charge in [0.2, 0.25) is 0 Å². The lowest BCUT2D eigenvalue weighted by Crippen LogP contribution is -2.54. The Bertz CT molecular complexity index is 1180. The van der Waals surface area contributed by atoms with Crippen LogP contribution in [0.25, 0.3) is 0 Å². The van der Waals surface area contributed by atoms with Gasteiger partial charge in [-0.1, -0.05) is 50.2 Å². The molecule has 9 atom stereocenters. The molecule has 0 radical (unpaired) electrons. The second-order valence-corrected chi connectivity index (χ2v) is 13.5. The van der Waals surface area contributed by atoms with E-state index in [1.54, 1.807) is 0 Å². The average Bonchev–Trinajstić information content (AvgIpc) is 3.31. The normalized spacial score (nSPS) is 38.0. The van der Waals surface area contributed by atoms with Crippen molar-refractivity contribution < 1.29 is 19.1 Å². The first-order chi connectivity index (χ1) is 18.8. The van der Waals surface area contributed by atoms with Crippen LogP contribution >= 0.6 is 0 Å². The van der Waals surface area contributed by atoms with Crippen molar-refractivity contribution in [3.05, 3.63) is 71.8 Å². The summed E-state index contributed by atoms with van der Waals surface area (Å²) < 4.78 is 12.1. The molecule has 4 fully saturated rings. The van der Waals surface area contributed by atoms with E-state index in [0.29, 0.717) is 34.3 Å². The molecule has 0 aromatic heterocycles. The van der Waals surface area contributed by atoms with E-state index in [2.05, 4.69) is 20.8 Å². The summed E-state index contributed by atoms with van der Waals surface area (Å²) >= 11 is 0. The number of hydrogen-bond acceptors (Lipinski definition) is 4. The summed E-state index contributed by atoms with van der Waals surface area (Å²) in [5, 5.41) is 0. The minimum absolute atomic E-state index is 0.0391. The molecule has 0 spiro atoms. The van der Waals surface area contributed by atoms with Gasteiger partial charge in [-0.15, -0.1) is 0 Å². The van der Waals surface area contributed by atoms with Crippen LogP contribution in [-0.4, -0.2) is 24.1 Å². The molecule has 0 N–H and O–H groups in total. The second-order valence-electron chi connectivity index (χ2n) is 13.5. The highest BCUT2D eigenvalue weighted by atomic mass is 16.5. The summed E-state index contributed by atoms with van der Waals surface area (Å²) in [6.45, 7) is 7.19. The molecule has 4 nitrogen and oxygen atoms in total. The average molecular weight is 529 g/mol. The molecule has 6 rings (SSSR count). The minimum Gasteiger partial charge on any atom is -0.459 e. The molecule has 39 heavy (non-hydrogen) atoms. The van der Waals surface area contributed by atoms with Crippen LogP contribution in [0.15, 0.2) is 60.7 Å². The fourth-order valence-electron chi connectivity index (χ4n) is 9.82. The highest BCUT2D eigenvalue weighted by Crippen LogP contribution is 2.68. The van der Waals surface area contributed by atoms with Crippen molar-refractivity contribution in [2.45, 2.75) is 90.8 Å². The Labute approximate surface area is 233 Å².